The van der Waals surface area contributed by atoms with Crippen LogP contribution in [-0.4, -0.2) is 53.9 Å². The lowest BCUT2D eigenvalue weighted by Gasteiger charge is -2.37. The Morgan fingerprint density at radius 2 is 1.98 bits per heavy atom. The number of para-hydroxylation sites is 1. The summed E-state index contributed by atoms with van der Waals surface area (Å²) >= 11 is 1.23. The topological polar surface area (TPSA) is 104 Å². The minimum Gasteiger partial charge on any atom is -0.457 e. The fourth-order valence-electron chi connectivity index (χ4n) is 4.68. The van der Waals surface area contributed by atoms with Gasteiger partial charge in [-0.25, -0.2) is 4.98 Å². The van der Waals surface area contributed by atoms with Crippen LogP contribution in [0.4, 0.5) is 24.5 Å². The normalized spacial score (nSPS) is 15.5. The van der Waals surface area contributed by atoms with Gasteiger partial charge in [0.15, 0.2) is 0 Å². The summed E-state index contributed by atoms with van der Waals surface area (Å²) in [6.45, 7) is 1.22. The van der Waals surface area contributed by atoms with Gasteiger partial charge < -0.3 is 20.3 Å². The van der Waals surface area contributed by atoms with Crippen LogP contribution in [0.1, 0.15) is 28.9 Å². The number of piperidine rings is 1. The van der Waals surface area contributed by atoms with Gasteiger partial charge in [0.25, 0.3) is 5.91 Å². The number of carbonyl (C=O) groups excluding carboxylic acids is 1. The number of anilines is 2. The first kappa shape index (κ1) is 28.5. The molecular weight excluding hydrogens is 555 g/mol. The van der Waals surface area contributed by atoms with E-state index in [1.165, 1.54) is 35.9 Å². The minimum absolute atomic E-state index is 0.0251. The largest absolute Gasteiger partial charge is 0.457 e. The second-order valence-electron chi connectivity index (χ2n) is 9.39. The molecule has 214 valence electrons. The molecule has 0 bridgehead atoms. The predicted molar refractivity (Wildman–Crippen MR) is 151 cm³/mol. The molecule has 1 amide bonds. The third-order valence-electron chi connectivity index (χ3n) is 6.52. The molecule has 1 unspecified atom stereocenters. The van der Waals surface area contributed by atoms with Crippen LogP contribution in [0.15, 0.2) is 66.3 Å². The number of halogens is 3. The number of hydrogen-bond acceptors (Lipinski definition) is 9. The summed E-state index contributed by atoms with van der Waals surface area (Å²) in [5, 5.41) is 18.7. The lowest BCUT2D eigenvalue weighted by molar-refractivity contribution is -0.138. The molecule has 0 spiro atoms. The molecule has 1 aliphatic heterocycles. The van der Waals surface area contributed by atoms with E-state index < -0.39 is 17.6 Å². The second kappa shape index (κ2) is 12.6. The number of thiazole rings is 1. The van der Waals surface area contributed by atoms with Crippen molar-refractivity contribution in [1.82, 2.24) is 25.8 Å². The van der Waals surface area contributed by atoms with E-state index >= 15 is 0 Å². The van der Waals surface area contributed by atoms with E-state index in [9.17, 15) is 18.0 Å². The number of aromatic nitrogens is 3. The molecule has 3 N–H and O–H groups in total. The van der Waals surface area contributed by atoms with Gasteiger partial charge in [0.2, 0.25) is 0 Å². The summed E-state index contributed by atoms with van der Waals surface area (Å²) in [5.41, 5.74) is -0.297. The highest BCUT2D eigenvalue weighted by molar-refractivity contribution is 7.13. The Kier molecular flexibility index (Phi) is 8.76. The molecule has 1 fully saturated rings. The maximum absolute atomic E-state index is 14.8. The van der Waals surface area contributed by atoms with Crippen LogP contribution in [-0.2, 0) is 6.18 Å². The summed E-state index contributed by atoms with van der Waals surface area (Å²) < 4.78 is 50.2. The number of benzene rings is 2. The Bertz CT molecular complexity index is 1470. The molecule has 0 saturated carbocycles. The van der Waals surface area contributed by atoms with Crippen LogP contribution in [0.25, 0.3) is 10.6 Å². The minimum atomic E-state index is -4.77. The van der Waals surface area contributed by atoms with E-state index in [0.29, 0.717) is 36.8 Å². The van der Waals surface area contributed by atoms with Gasteiger partial charge in [-0.15, -0.1) is 11.3 Å². The Morgan fingerprint density at radius 1 is 1.15 bits per heavy atom. The van der Waals surface area contributed by atoms with Gasteiger partial charge in [0.1, 0.15) is 27.8 Å². The van der Waals surface area contributed by atoms with Gasteiger partial charge in [-0.1, -0.05) is 18.2 Å². The van der Waals surface area contributed by atoms with Crippen LogP contribution in [0.5, 0.6) is 11.5 Å². The van der Waals surface area contributed by atoms with Crippen LogP contribution in [0.3, 0.4) is 0 Å². The molecule has 2 aromatic carbocycles. The van der Waals surface area contributed by atoms with Crippen LogP contribution in [0, 0.1) is 0 Å². The van der Waals surface area contributed by atoms with Crippen molar-refractivity contribution >= 4 is 28.6 Å². The van der Waals surface area contributed by atoms with E-state index in [1.807, 2.05) is 0 Å². The number of nitrogens with one attached hydrogen (secondary N) is 3. The first-order valence-corrected chi connectivity index (χ1v) is 13.9. The van der Waals surface area contributed by atoms with E-state index in [0.717, 1.165) is 6.42 Å². The standard InChI is InChI=1S/C28H28F3N7O2S/c1-32-17-33-19-6-5-13-38(15-19)25-21(36-26(39)22-16-41-27(37-22)18-11-12-34-35-14-18)9-10-23(24(25)28(29,30)31)40-20-7-3-2-4-8-20/h2-4,7-12,14,16,19,32-33H,5-6,13,15,17H2,1H3,(H,36,39). The molecule has 5 rings (SSSR count). The van der Waals surface area contributed by atoms with Crippen molar-refractivity contribution in [3.05, 3.63) is 77.6 Å². The van der Waals surface area contributed by atoms with Crippen LogP contribution in [0.2, 0.25) is 0 Å². The van der Waals surface area contributed by atoms with Crippen LogP contribution >= 0.6 is 11.3 Å². The van der Waals surface area contributed by atoms with Crippen molar-refractivity contribution < 1.29 is 22.7 Å². The Labute approximate surface area is 238 Å². The number of alkyl halides is 3. The zero-order valence-corrected chi connectivity index (χ0v) is 22.9. The summed E-state index contributed by atoms with van der Waals surface area (Å²) in [5.74, 6) is -0.695. The van der Waals surface area contributed by atoms with Crippen molar-refractivity contribution in [2.75, 3.05) is 37.0 Å². The highest BCUT2D eigenvalue weighted by atomic mass is 32.1. The average molecular weight is 584 g/mol. The number of amides is 1. The molecule has 0 radical (unpaired) electrons. The molecule has 13 heteroatoms. The maximum Gasteiger partial charge on any atom is 0.422 e. The van der Waals surface area contributed by atoms with Gasteiger partial charge in [0.05, 0.1) is 23.8 Å². The highest BCUT2D eigenvalue weighted by Crippen LogP contribution is 2.48. The number of nitrogens with zero attached hydrogens (tertiary/aromatic N) is 4. The zero-order chi connectivity index (χ0) is 28.8. The molecule has 2 aromatic heterocycles. The summed E-state index contributed by atoms with van der Waals surface area (Å²) in [6, 6.07) is 12.7. The molecule has 1 atom stereocenters. The van der Waals surface area contributed by atoms with Gasteiger partial charge in [-0.2, -0.15) is 23.4 Å². The lowest BCUT2D eigenvalue weighted by atomic mass is 10.0. The number of ether oxygens (including phenoxy) is 1. The van der Waals surface area contributed by atoms with E-state index in [-0.39, 0.29) is 34.6 Å². The molecular formula is C28H28F3N7O2S. The molecule has 3 heterocycles. The number of carbonyl (C=O) groups is 1. The van der Waals surface area contributed by atoms with Gasteiger partial charge >= 0.3 is 6.18 Å². The Morgan fingerprint density at radius 3 is 2.71 bits per heavy atom. The summed E-state index contributed by atoms with van der Waals surface area (Å²) in [7, 11) is 1.79. The van der Waals surface area contributed by atoms with Gasteiger partial charge in [0, 0.05) is 36.7 Å². The fourth-order valence-corrected chi connectivity index (χ4v) is 5.47. The number of hydrogen-bond donors (Lipinski definition) is 3. The average Bonchev–Trinajstić information content (AvgIpc) is 3.48. The third-order valence-corrected chi connectivity index (χ3v) is 7.41. The molecule has 1 aliphatic rings. The molecule has 41 heavy (non-hydrogen) atoms. The van der Waals surface area contributed by atoms with E-state index in [4.69, 9.17) is 4.74 Å². The SMILES string of the molecule is CNCNC1CCCN(c2c(NC(=O)c3csc(-c4ccnnc4)n3)ccc(Oc3ccccc3)c2C(F)(F)F)C1. The quantitative estimate of drug-likeness (QED) is 0.225. The second-order valence-corrected chi connectivity index (χ2v) is 10.2. The molecule has 1 saturated heterocycles. The van der Waals surface area contributed by atoms with Crippen molar-refractivity contribution in [1.29, 1.82) is 0 Å². The maximum atomic E-state index is 14.8. The molecule has 4 aromatic rings. The predicted octanol–water partition coefficient (Wildman–Crippen LogP) is 5.40. The lowest BCUT2D eigenvalue weighted by Crippen LogP contribution is -2.48. The van der Waals surface area contributed by atoms with Crippen molar-refractivity contribution in [3.63, 3.8) is 0 Å². The van der Waals surface area contributed by atoms with Crippen molar-refractivity contribution in [2.24, 2.45) is 0 Å². The van der Waals surface area contributed by atoms with Crippen molar-refractivity contribution in [3.8, 4) is 22.1 Å². The molecule has 9 nitrogen and oxygen atoms in total. The van der Waals surface area contributed by atoms with Gasteiger partial charge in [-0.05, 0) is 50.2 Å². The Hall–Kier alpha value is -4.07. The van der Waals surface area contributed by atoms with E-state index in [1.54, 1.807) is 53.7 Å². The van der Waals surface area contributed by atoms with Crippen LogP contribution < -0.4 is 25.6 Å². The van der Waals surface area contributed by atoms with E-state index in [2.05, 4.69) is 31.1 Å². The third kappa shape index (κ3) is 6.81. The zero-order valence-electron chi connectivity index (χ0n) is 22.1. The first-order valence-electron chi connectivity index (χ1n) is 13.0. The highest BCUT2D eigenvalue weighted by Gasteiger charge is 2.41. The monoisotopic (exact) mass is 583 g/mol. The van der Waals surface area contributed by atoms with Crippen molar-refractivity contribution in [2.45, 2.75) is 25.1 Å². The van der Waals surface area contributed by atoms with Gasteiger partial charge in [-0.3, -0.25) is 10.1 Å². The molecule has 0 aliphatic carbocycles. The Balaban J connectivity index is 1.53. The summed E-state index contributed by atoms with van der Waals surface area (Å²) in [4.78, 5) is 19.3. The fraction of sp³-hybridized carbons (Fsp3) is 0.286. The summed E-state index contributed by atoms with van der Waals surface area (Å²) in [6.07, 6.45) is -0.252. The smallest absolute Gasteiger partial charge is 0.422 e. The first-order chi connectivity index (χ1) is 19.8. The number of rotatable bonds is 9.